The highest BCUT2D eigenvalue weighted by atomic mass is 16.5. The summed E-state index contributed by atoms with van der Waals surface area (Å²) in [6.07, 6.45) is 1.58. The van der Waals surface area contributed by atoms with E-state index in [9.17, 15) is 0 Å². The third-order valence-corrected chi connectivity index (χ3v) is 0.842. The molecule has 2 N–H and O–H groups in total. The zero-order valence-electron chi connectivity index (χ0n) is 6.35. The average Bonchev–Trinajstić information content (AvgIpc) is 1.98. The number of nitrogens with one attached hydrogen (secondary N) is 2. The molecule has 0 spiro atoms. The van der Waals surface area contributed by atoms with Gasteiger partial charge in [-0.2, -0.15) is 5.10 Å². The highest BCUT2D eigenvalue weighted by Crippen LogP contribution is 1.72. The molecule has 0 amide bonds. The van der Waals surface area contributed by atoms with Crippen LogP contribution in [0.25, 0.3) is 0 Å². The second-order valence-corrected chi connectivity index (χ2v) is 1.62. The lowest BCUT2D eigenvalue weighted by molar-refractivity contribution is 0.177. The fourth-order valence-electron chi connectivity index (χ4n) is 0.290. The number of hydrogen-bond donors (Lipinski definition) is 2. The summed E-state index contributed by atoms with van der Waals surface area (Å²) in [6.45, 7) is 4.04. The molecule has 0 fully saturated rings. The molecular formula is C6H13N3O. The molecule has 0 aromatic heterocycles. The number of hydrogen-bond acceptors (Lipinski definition) is 4. The van der Waals surface area contributed by atoms with Gasteiger partial charge in [0.05, 0.1) is 6.21 Å². The van der Waals surface area contributed by atoms with Crippen molar-refractivity contribution in [2.45, 2.75) is 0 Å². The van der Waals surface area contributed by atoms with Gasteiger partial charge in [-0.1, -0.05) is 6.58 Å². The maximum atomic E-state index is 4.68. The van der Waals surface area contributed by atoms with Gasteiger partial charge in [0.2, 0.25) is 0 Å². The topological polar surface area (TPSA) is 45.7 Å². The van der Waals surface area contributed by atoms with E-state index >= 15 is 0 Å². The first-order valence-corrected chi connectivity index (χ1v) is 2.92. The Balaban J connectivity index is 3.27. The quantitative estimate of drug-likeness (QED) is 0.244. The Kier molecular flexibility index (Phi) is 5.47. The zero-order chi connectivity index (χ0) is 7.82. The van der Waals surface area contributed by atoms with E-state index in [1.54, 1.807) is 20.4 Å². The van der Waals surface area contributed by atoms with Crippen molar-refractivity contribution in [3.63, 3.8) is 0 Å². The fourth-order valence-corrected chi connectivity index (χ4v) is 0.290. The molecule has 0 saturated heterocycles. The van der Waals surface area contributed by atoms with Crippen LogP contribution in [-0.2, 0) is 4.74 Å². The van der Waals surface area contributed by atoms with E-state index in [0.29, 0.717) is 6.73 Å². The molecule has 0 saturated carbocycles. The first kappa shape index (κ1) is 8.97. The third kappa shape index (κ3) is 5.11. The molecule has 10 heavy (non-hydrogen) atoms. The summed E-state index contributed by atoms with van der Waals surface area (Å²) < 4.78 is 4.68. The van der Waals surface area contributed by atoms with E-state index in [1.807, 2.05) is 0 Å². The van der Waals surface area contributed by atoms with Crippen molar-refractivity contribution in [1.82, 2.24) is 10.7 Å². The van der Waals surface area contributed by atoms with Crippen LogP contribution in [0.15, 0.2) is 17.4 Å². The summed E-state index contributed by atoms with van der Waals surface area (Å²) in [6, 6.07) is 0. The predicted molar refractivity (Wildman–Crippen MR) is 41.7 cm³/mol. The van der Waals surface area contributed by atoms with Gasteiger partial charge < -0.3 is 10.1 Å². The van der Waals surface area contributed by atoms with Crippen molar-refractivity contribution in [1.29, 1.82) is 0 Å². The lowest BCUT2D eigenvalue weighted by Crippen LogP contribution is -2.12. The Morgan fingerprint density at radius 2 is 2.50 bits per heavy atom. The summed E-state index contributed by atoms with van der Waals surface area (Å²) >= 11 is 0. The first-order valence-electron chi connectivity index (χ1n) is 2.92. The molecule has 0 aliphatic heterocycles. The summed E-state index contributed by atoms with van der Waals surface area (Å²) in [5.41, 5.74) is 3.40. The second kappa shape index (κ2) is 6.10. The van der Waals surface area contributed by atoms with Gasteiger partial charge in [0, 0.05) is 19.9 Å². The van der Waals surface area contributed by atoms with E-state index < -0.39 is 0 Å². The zero-order valence-corrected chi connectivity index (χ0v) is 6.35. The fraction of sp³-hybridized carbons (Fsp3) is 0.500. The molecule has 0 aromatic carbocycles. The van der Waals surface area contributed by atoms with Crippen LogP contribution in [0.4, 0.5) is 0 Å². The number of nitrogens with zero attached hydrogens (tertiary/aromatic N) is 1. The summed E-state index contributed by atoms with van der Waals surface area (Å²) in [5, 5.41) is 6.59. The van der Waals surface area contributed by atoms with Crippen LogP contribution in [0.5, 0.6) is 0 Å². The largest absolute Gasteiger partial charge is 0.387 e. The molecule has 4 nitrogen and oxygen atoms in total. The molecule has 0 atom stereocenters. The Morgan fingerprint density at radius 3 is 3.00 bits per heavy atom. The maximum absolute atomic E-state index is 4.68. The molecule has 0 aliphatic carbocycles. The van der Waals surface area contributed by atoms with Crippen molar-refractivity contribution in [2.24, 2.45) is 5.10 Å². The van der Waals surface area contributed by atoms with Crippen LogP contribution < -0.4 is 10.7 Å². The van der Waals surface area contributed by atoms with Gasteiger partial charge in [0.1, 0.15) is 6.73 Å². The Hall–Kier alpha value is -1.03. The van der Waals surface area contributed by atoms with Crippen molar-refractivity contribution in [3.05, 3.63) is 12.3 Å². The van der Waals surface area contributed by atoms with E-state index in [4.69, 9.17) is 0 Å². The summed E-state index contributed by atoms with van der Waals surface area (Å²) in [7, 11) is 3.38. The predicted octanol–water partition coefficient (Wildman–Crippen LogP) is -0.101. The van der Waals surface area contributed by atoms with Gasteiger partial charge in [-0.3, -0.25) is 5.43 Å². The molecule has 0 aromatic rings. The van der Waals surface area contributed by atoms with Crippen LogP contribution in [-0.4, -0.2) is 27.1 Å². The van der Waals surface area contributed by atoms with Gasteiger partial charge in [-0.15, -0.1) is 0 Å². The molecule has 4 heteroatoms. The summed E-state index contributed by atoms with van der Waals surface area (Å²) in [4.78, 5) is 0. The third-order valence-electron chi connectivity index (χ3n) is 0.842. The number of rotatable bonds is 5. The average molecular weight is 143 g/mol. The standard InChI is InChI=1S/C6H13N3O/c1-6(7-2)4-8-9-5-10-3/h4,7,9H,1,5H2,2-3H3/b8-4-. The highest BCUT2D eigenvalue weighted by Gasteiger charge is 1.78. The molecule has 58 valence electrons. The van der Waals surface area contributed by atoms with Gasteiger partial charge in [-0.05, 0) is 0 Å². The molecular weight excluding hydrogens is 130 g/mol. The number of hydrazone groups is 1. The molecule has 0 unspecified atom stereocenters. The smallest absolute Gasteiger partial charge is 0.131 e. The van der Waals surface area contributed by atoms with E-state index in [-0.39, 0.29) is 0 Å². The highest BCUT2D eigenvalue weighted by molar-refractivity contribution is 5.76. The van der Waals surface area contributed by atoms with Crippen LogP contribution in [0.3, 0.4) is 0 Å². The van der Waals surface area contributed by atoms with Gasteiger partial charge in [0.15, 0.2) is 0 Å². The van der Waals surface area contributed by atoms with Crippen molar-refractivity contribution < 1.29 is 4.74 Å². The minimum atomic E-state index is 0.410. The Labute approximate surface area is 61.0 Å². The van der Waals surface area contributed by atoms with Gasteiger partial charge in [-0.25, -0.2) is 0 Å². The molecule has 0 aliphatic rings. The second-order valence-electron chi connectivity index (χ2n) is 1.62. The summed E-state index contributed by atoms with van der Waals surface area (Å²) in [5.74, 6) is 0. The van der Waals surface area contributed by atoms with Crippen molar-refractivity contribution >= 4 is 6.21 Å². The van der Waals surface area contributed by atoms with Gasteiger partial charge in [0.25, 0.3) is 0 Å². The normalized spacial score (nSPS) is 9.80. The molecule has 0 radical (unpaired) electrons. The van der Waals surface area contributed by atoms with Crippen molar-refractivity contribution in [3.8, 4) is 0 Å². The molecule has 0 bridgehead atoms. The van der Waals surface area contributed by atoms with Gasteiger partial charge >= 0.3 is 0 Å². The number of ether oxygens (including phenoxy) is 1. The molecule has 0 rings (SSSR count). The SMILES string of the molecule is C=C(/C=N\NCOC)NC. The monoisotopic (exact) mass is 143 g/mol. The first-order chi connectivity index (χ1) is 4.81. The lowest BCUT2D eigenvalue weighted by atomic mass is 10.5. The van der Waals surface area contributed by atoms with E-state index in [1.165, 1.54) is 0 Å². The van der Waals surface area contributed by atoms with E-state index in [0.717, 1.165) is 5.70 Å². The minimum Gasteiger partial charge on any atom is -0.387 e. The Bertz CT molecular complexity index is 122. The number of allylic oxidation sites excluding steroid dienone is 1. The van der Waals surface area contributed by atoms with Crippen LogP contribution in [0.2, 0.25) is 0 Å². The van der Waals surface area contributed by atoms with Crippen molar-refractivity contribution in [2.75, 3.05) is 20.9 Å². The van der Waals surface area contributed by atoms with E-state index in [2.05, 4.69) is 27.2 Å². The van der Waals surface area contributed by atoms with Crippen LogP contribution in [0.1, 0.15) is 0 Å². The molecule has 0 heterocycles. The lowest BCUT2D eigenvalue weighted by Gasteiger charge is -1.97. The van der Waals surface area contributed by atoms with Crippen LogP contribution in [0, 0.1) is 0 Å². The minimum absolute atomic E-state index is 0.410. The Morgan fingerprint density at radius 1 is 1.80 bits per heavy atom. The van der Waals surface area contributed by atoms with Crippen LogP contribution >= 0.6 is 0 Å². The maximum Gasteiger partial charge on any atom is 0.131 e. The number of methoxy groups -OCH3 is 1.